The second-order valence-electron chi connectivity index (χ2n) is 13.6. The van der Waals surface area contributed by atoms with Crippen LogP contribution in [0.1, 0.15) is 102 Å². The molecule has 0 spiro atoms. The highest BCUT2D eigenvalue weighted by molar-refractivity contribution is 5.22. The van der Waals surface area contributed by atoms with Gasteiger partial charge in [0.15, 0.2) is 0 Å². The number of ether oxygens (including phenoxy) is 2. The SMILES string of the molecule is CCC1(OCc2ccc(COC3(CC)C4CC5CC(C4)CC3C5)cc2)C2CC3CC(C2)CC1C3. The van der Waals surface area contributed by atoms with E-state index in [2.05, 4.69) is 38.1 Å². The van der Waals surface area contributed by atoms with Gasteiger partial charge < -0.3 is 9.47 Å². The standard InChI is InChI=1S/C32H46O2/c1-3-31(27-11-23-9-24(13-27)14-28(31)12-23)33-19-21-5-7-22(8-6-21)20-34-32(4-2)29-15-25-10-26(17-29)18-30(32)16-25/h5-8,23-30H,3-4,9-20H2,1-2H3. The minimum atomic E-state index is 0.155. The molecule has 8 aliphatic rings. The van der Waals surface area contributed by atoms with Crippen LogP contribution in [0.15, 0.2) is 24.3 Å². The highest BCUT2D eigenvalue weighted by atomic mass is 16.5. The van der Waals surface area contributed by atoms with Gasteiger partial charge in [-0.25, -0.2) is 0 Å². The lowest BCUT2D eigenvalue weighted by Crippen LogP contribution is -2.58. The molecular formula is C32H46O2. The van der Waals surface area contributed by atoms with Gasteiger partial charge in [-0.1, -0.05) is 38.1 Å². The Morgan fingerprint density at radius 1 is 0.529 bits per heavy atom. The van der Waals surface area contributed by atoms with Crippen LogP contribution in [-0.2, 0) is 22.7 Å². The summed E-state index contributed by atoms with van der Waals surface area (Å²) in [7, 11) is 0. The van der Waals surface area contributed by atoms with Gasteiger partial charge in [0.05, 0.1) is 24.4 Å². The third kappa shape index (κ3) is 3.41. The van der Waals surface area contributed by atoms with Crippen molar-refractivity contribution in [2.45, 2.75) is 115 Å². The molecule has 34 heavy (non-hydrogen) atoms. The monoisotopic (exact) mass is 462 g/mol. The van der Waals surface area contributed by atoms with Crippen LogP contribution < -0.4 is 0 Å². The van der Waals surface area contributed by atoms with Gasteiger partial charge in [0.25, 0.3) is 0 Å². The van der Waals surface area contributed by atoms with Crippen LogP contribution in [0, 0.1) is 47.3 Å². The fourth-order valence-electron chi connectivity index (χ4n) is 11.0. The summed E-state index contributed by atoms with van der Waals surface area (Å²) in [5.41, 5.74) is 2.99. The molecule has 0 aliphatic heterocycles. The summed E-state index contributed by atoms with van der Waals surface area (Å²) in [6.07, 6.45) is 16.8. The normalized spacial score (nSPS) is 48.1. The zero-order valence-electron chi connectivity index (χ0n) is 21.6. The van der Waals surface area contributed by atoms with Crippen molar-refractivity contribution in [2.75, 3.05) is 0 Å². The van der Waals surface area contributed by atoms with Crippen LogP contribution in [0.5, 0.6) is 0 Å². The average molecular weight is 463 g/mol. The highest BCUT2D eigenvalue weighted by Crippen LogP contribution is 2.62. The van der Waals surface area contributed by atoms with Gasteiger partial charge >= 0.3 is 0 Å². The van der Waals surface area contributed by atoms with Crippen LogP contribution in [0.2, 0.25) is 0 Å². The van der Waals surface area contributed by atoms with Gasteiger partial charge in [0.2, 0.25) is 0 Å². The maximum atomic E-state index is 6.90. The van der Waals surface area contributed by atoms with Crippen molar-refractivity contribution < 1.29 is 9.47 Å². The van der Waals surface area contributed by atoms with Crippen LogP contribution in [0.4, 0.5) is 0 Å². The molecule has 0 atom stereocenters. The van der Waals surface area contributed by atoms with Gasteiger partial charge in [-0.05, 0) is 136 Å². The first-order chi connectivity index (χ1) is 16.6. The molecule has 1 aromatic rings. The zero-order valence-corrected chi connectivity index (χ0v) is 21.6. The van der Waals surface area contributed by atoms with Gasteiger partial charge in [0.1, 0.15) is 0 Å². The minimum Gasteiger partial charge on any atom is -0.370 e. The molecule has 0 radical (unpaired) electrons. The Hall–Kier alpha value is -0.860. The summed E-state index contributed by atoms with van der Waals surface area (Å²) in [5, 5.41) is 0. The van der Waals surface area contributed by atoms with Crippen LogP contribution in [0.3, 0.4) is 0 Å². The molecular weight excluding hydrogens is 416 g/mol. The van der Waals surface area contributed by atoms with E-state index in [1.54, 1.807) is 0 Å². The Labute approximate surface area is 207 Å². The lowest BCUT2D eigenvalue weighted by molar-refractivity contribution is -0.212. The van der Waals surface area contributed by atoms with Crippen molar-refractivity contribution in [1.82, 2.24) is 0 Å². The van der Waals surface area contributed by atoms with E-state index in [4.69, 9.17) is 9.47 Å². The van der Waals surface area contributed by atoms with Crippen molar-refractivity contribution >= 4 is 0 Å². The molecule has 8 bridgehead atoms. The number of benzene rings is 1. The Morgan fingerprint density at radius 3 is 1.09 bits per heavy atom. The fraction of sp³-hybridized carbons (Fsp3) is 0.812. The average Bonchev–Trinajstić information content (AvgIpc) is 2.84. The van der Waals surface area contributed by atoms with Crippen molar-refractivity contribution in [3.8, 4) is 0 Å². The minimum absolute atomic E-state index is 0.155. The predicted octanol–water partition coefficient (Wildman–Crippen LogP) is 7.93. The largest absolute Gasteiger partial charge is 0.370 e. The van der Waals surface area contributed by atoms with E-state index in [0.717, 1.165) is 60.6 Å². The van der Waals surface area contributed by atoms with Crippen LogP contribution in [0.25, 0.3) is 0 Å². The summed E-state index contributed by atoms with van der Waals surface area (Å²) < 4.78 is 13.8. The van der Waals surface area contributed by atoms with E-state index in [-0.39, 0.29) is 11.2 Å². The Kier molecular flexibility index (Phi) is 5.48. The lowest BCUT2D eigenvalue weighted by atomic mass is 9.49. The van der Waals surface area contributed by atoms with E-state index < -0.39 is 0 Å². The molecule has 0 aromatic heterocycles. The van der Waals surface area contributed by atoms with Crippen molar-refractivity contribution in [3.63, 3.8) is 0 Å². The van der Waals surface area contributed by atoms with Gasteiger partial charge in [-0.2, -0.15) is 0 Å². The smallest absolute Gasteiger partial charge is 0.0740 e. The summed E-state index contributed by atoms with van der Waals surface area (Å²) in [4.78, 5) is 0. The molecule has 9 rings (SSSR count). The first kappa shape index (κ1) is 22.3. The Balaban J connectivity index is 0.993. The summed E-state index contributed by atoms with van der Waals surface area (Å²) in [6, 6.07) is 9.25. The number of rotatable bonds is 8. The van der Waals surface area contributed by atoms with E-state index >= 15 is 0 Å². The first-order valence-corrected chi connectivity index (χ1v) is 15.0. The highest BCUT2D eigenvalue weighted by Gasteiger charge is 2.58. The maximum Gasteiger partial charge on any atom is 0.0740 e. The van der Waals surface area contributed by atoms with E-state index in [9.17, 15) is 0 Å². The van der Waals surface area contributed by atoms with Gasteiger partial charge in [0, 0.05) is 0 Å². The van der Waals surface area contributed by atoms with Crippen molar-refractivity contribution in [3.05, 3.63) is 35.4 Å². The molecule has 8 aliphatic carbocycles. The van der Waals surface area contributed by atoms with E-state index in [1.807, 2.05) is 0 Å². The number of hydrogen-bond acceptors (Lipinski definition) is 2. The first-order valence-electron chi connectivity index (χ1n) is 15.0. The Morgan fingerprint density at radius 2 is 0.824 bits per heavy atom. The molecule has 1 aromatic carbocycles. The molecule has 2 nitrogen and oxygen atoms in total. The van der Waals surface area contributed by atoms with Gasteiger partial charge in [-0.3, -0.25) is 0 Å². The molecule has 0 heterocycles. The molecule has 186 valence electrons. The molecule has 0 saturated heterocycles. The maximum absolute atomic E-state index is 6.90. The predicted molar refractivity (Wildman–Crippen MR) is 136 cm³/mol. The molecule has 0 unspecified atom stereocenters. The summed E-state index contributed by atoms with van der Waals surface area (Å²) in [5.74, 6) is 7.27. The fourth-order valence-corrected chi connectivity index (χ4v) is 11.0. The van der Waals surface area contributed by atoms with Crippen LogP contribution in [-0.4, -0.2) is 11.2 Å². The van der Waals surface area contributed by atoms with Crippen molar-refractivity contribution in [2.24, 2.45) is 47.3 Å². The topological polar surface area (TPSA) is 18.5 Å². The summed E-state index contributed by atoms with van der Waals surface area (Å²) in [6.45, 7) is 6.33. The second kappa shape index (κ2) is 8.34. The van der Waals surface area contributed by atoms with Crippen molar-refractivity contribution in [1.29, 1.82) is 0 Å². The quantitative estimate of drug-likeness (QED) is 0.390. The molecule has 0 amide bonds. The van der Waals surface area contributed by atoms with E-state index in [0.29, 0.717) is 0 Å². The summed E-state index contributed by atoms with van der Waals surface area (Å²) >= 11 is 0. The second-order valence-corrected chi connectivity index (χ2v) is 13.6. The molecule has 8 fully saturated rings. The van der Waals surface area contributed by atoms with Crippen LogP contribution >= 0.6 is 0 Å². The molecule has 8 saturated carbocycles. The molecule has 2 heteroatoms. The third-order valence-electron chi connectivity index (χ3n) is 12.2. The zero-order chi connectivity index (χ0) is 22.9. The lowest BCUT2D eigenvalue weighted by Gasteiger charge is -2.60. The van der Waals surface area contributed by atoms with E-state index in [1.165, 1.54) is 88.2 Å². The Bertz CT molecular complexity index is 756. The van der Waals surface area contributed by atoms with Gasteiger partial charge in [-0.15, -0.1) is 0 Å². The molecule has 0 N–H and O–H groups in total. The third-order valence-corrected chi connectivity index (χ3v) is 12.2. The number of hydrogen-bond donors (Lipinski definition) is 0.